The van der Waals surface area contributed by atoms with Crippen molar-refractivity contribution in [1.82, 2.24) is 10.2 Å². The van der Waals surface area contributed by atoms with E-state index in [1.165, 1.54) is 33.4 Å². The fraction of sp³-hybridized carbons (Fsp3) is 0.310. The molecule has 2 aliphatic carbocycles. The molecule has 3 aromatic rings. The van der Waals surface area contributed by atoms with Crippen LogP contribution in [-0.2, 0) is 54.9 Å². The maximum atomic E-state index is 13.2. The van der Waals surface area contributed by atoms with E-state index in [1.807, 2.05) is 17.0 Å². The van der Waals surface area contributed by atoms with E-state index >= 15 is 0 Å². The standard InChI is InChI=1S/C29H28N2O2/c32-28(25-12-20-5-1-2-6-21(20)13-25)30-16-19-9-10-24-17-31(18-27(24)11-19)29(33)26-14-22-7-3-4-8-23(22)15-26/h1-11,25-26H,12-18H2,(H,30,32). The van der Waals surface area contributed by atoms with Gasteiger partial charge in [-0.25, -0.2) is 0 Å². The first-order valence-corrected chi connectivity index (χ1v) is 11.9. The summed E-state index contributed by atoms with van der Waals surface area (Å²) in [5, 5.41) is 3.14. The highest BCUT2D eigenvalue weighted by Gasteiger charge is 2.33. The minimum absolute atomic E-state index is 0.0282. The Hall–Kier alpha value is -3.40. The smallest absolute Gasteiger partial charge is 0.226 e. The van der Waals surface area contributed by atoms with Gasteiger partial charge in [0.25, 0.3) is 0 Å². The van der Waals surface area contributed by atoms with Gasteiger partial charge in [0.1, 0.15) is 0 Å². The van der Waals surface area contributed by atoms with Crippen LogP contribution in [0.5, 0.6) is 0 Å². The van der Waals surface area contributed by atoms with Crippen molar-refractivity contribution in [3.63, 3.8) is 0 Å². The molecule has 0 saturated carbocycles. The Morgan fingerprint density at radius 1 is 0.697 bits per heavy atom. The molecular weight excluding hydrogens is 408 g/mol. The Kier molecular flexibility index (Phi) is 5.01. The summed E-state index contributed by atoms with van der Waals surface area (Å²) >= 11 is 0. The summed E-state index contributed by atoms with van der Waals surface area (Å²) < 4.78 is 0. The molecule has 0 atom stereocenters. The van der Waals surface area contributed by atoms with Crippen molar-refractivity contribution in [3.05, 3.63) is 106 Å². The van der Waals surface area contributed by atoms with Crippen molar-refractivity contribution in [2.24, 2.45) is 11.8 Å². The summed E-state index contributed by atoms with van der Waals surface area (Å²) in [5.74, 6) is 0.480. The van der Waals surface area contributed by atoms with Crippen LogP contribution in [0.2, 0.25) is 0 Å². The molecule has 166 valence electrons. The SMILES string of the molecule is O=C(NCc1ccc2c(c1)CN(C(=O)C1Cc3ccccc3C1)C2)C1Cc2ccccc2C1. The van der Waals surface area contributed by atoms with Crippen molar-refractivity contribution in [2.75, 3.05) is 0 Å². The lowest BCUT2D eigenvalue weighted by Gasteiger charge is -2.19. The van der Waals surface area contributed by atoms with Gasteiger partial charge in [-0.3, -0.25) is 9.59 Å². The third kappa shape index (κ3) is 3.84. The highest BCUT2D eigenvalue weighted by Crippen LogP contribution is 2.32. The zero-order valence-electron chi connectivity index (χ0n) is 18.7. The molecule has 33 heavy (non-hydrogen) atoms. The van der Waals surface area contributed by atoms with E-state index in [-0.39, 0.29) is 23.7 Å². The fourth-order valence-corrected chi connectivity index (χ4v) is 5.78. The lowest BCUT2D eigenvalue weighted by molar-refractivity contribution is -0.135. The molecule has 0 saturated heterocycles. The molecule has 3 aromatic carbocycles. The van der Waals surface area contributed by atoms with Gasteiger partial charge < -0.3 is 10.2 Å². The average Bonchev–Trinajstić information content (AvgIpc) is 3.57. The van der Waals surface area contributed by atoms with Gasteiger partial charge in [0.05, 0.1) is 0 Å². The minimum Gasteiger partial charge on any atom is -0.352 e. The summed E-state index contributed by atoms with van der Waals surface area (Å²) in [4.78, 5) is 27.9. The van der Waals surface area contributed by atoms with Crippen molar-refractivity contribution < 1.29 is 9.59 Å². The van der Waals surface area contributed by atoms with Crippen molar-refractivity contribution in [1.29, 1.82) is 0 Å². The van der Waals surface area contributed by atoms with E-state index in [1.54, 1.807) is 0 Å². The first-order chi connectivity index (χ1) is 16.1. The molecule has 0 unspecified atom stereocenters. The van der Waals surface area contributed by atoms with Crippen LogP contribution < -0.4 is 5.32 Å². The highest BCUT2D eigenvalue weighted by atomic mass is 16.2. The zero-order chi connectivity index (χ0) is 22.4. The molecule has 6 rings (SSSR count). The second kappa shape index (κ2) is 8.18. The maximum absolute atomic E-state index is 13.2. The molecule has 0 fully saturated rings. The van der Waals surface area contributed by atoms with E-state index in [2.05, 4.69) is 59.9 Å². The predicted molar refractivity (Wildman–Crippen MR) is 127 cm³/mol. The van der Waals surface area contributed by atoms with E-state index in [9.17, 15) is 9.59 Å². The number of rotatable bonds is 4. The Balaban J connectivity index is 1.06. The van der Waals surface area contributed by atoms with Crippen molar-refractivity contribution >= 4 is 11.8 Å². The average molecular weight is 437 g/mol. The fourth-order valence-electron chi connectivity index (χ4n) is 5.78. The van der Waals surface area contributed by atoms with Crippen LogP contribution in [0, 0.1) is 11.8 Å². The molecule has 0 spiro atoms. The molecule has 2 amide bonds. The topological polar surface area (TPSA) is 49.4 Å². The van der Waals surface area contributed by atoms with Crippen LogP contribution in [0.4, 0.5) is 0 Å². The molecule has 4 nitrogen and oxygen atoms in total. The van der Waals surface area contributed by atoms with Crippen LogP contribution in [0.1, 0.15) is 38.9 Å². The van der Waals surface area contributed by atoms with Gasteiger partial charge in [0, 0.05) is 31.5 Å². The number of amides is 2. The Labute approximate surface area is 194 Å². The summed E-state index contributed by atoms with van der Waals surface area (Å²) in [6.07, 6.45) is 3.36. The maximum Gasteiger partial charge on any atom is 0.226 e. The monoisotopic (exact) mass is 436 g/mol. The first kappa shape index (κ1) is 20.2. The Morgan fingerprint density at radius 3 is 1.85 bits per heavy atom. The van der Waals surface area contributed by atoms with Crippen LogP contribution in [0.25, 0.3) is 0 Å². The molecule has 1 N–H and O–H groups in total. The number of carbonyl (C=O) groups excluding carboxylic acids is 2. The lowest BCUT2D eigenvalue weighted by Crippen LogP contribution is -2.32. The normalized spacial score (nSPS) is 17.0. The molecule has 1 aliphatic heterocycles. The second-order valence-corrected chi connectivity index (χ2v) is 9.76. The van der Waals surface area contributed by atoms with Crippen molar-refractivity contribution in [3.8, 4) is 0 Å². The van der Waals surface area contributed by atoms with Gasteiger partial charge in [-0.2, -0.15) is 0 Å². The van der Waals surface area contributed by atoms with Crippen LogP contribution in [0.3, 0.4) is 0 Å². The number of fused-ring (bicyclic) bond motifs is 3. The van der Waals surface area contributed by atoms with E-state index < -0.39 is 0 Å². The number of nitrogens with zero attached hydrogens (tertiary/aromatic N) is 1. The quantitative estimate of drug-likeness (QED) is 0.673. The molecular formula is C29H28N2O2. The summed E-state index contributed by atoms with van der Waals surface area (Å²) in [6.45, 7) is 1.89. The minimum atomic E-state index is 0.0282. The molecule has 3 aliphatic rings. The van der Waals surface area contributed by atoms with Crippen LogP contribution in [0.15, 0.2) is 66.7 Å². The number of benzene rings is 3. The van der Waals surface area contributed by atoms with Gasteiger partial charge >= 0.3 is 0 Å². The molecule has 0 aromatic heterocycles. The number of hydrogen-bond donors (Lipinski definition) is 1. The Bertz CT molecular complexity index is 1200. The van der Waals surface area contributed by atoms with Gasteiger partial charge in [-0.1, -0.05) is 66.7 Å². The third-order valence-corrected chi connectivity index (χ3v) is 7.59. The number of carbonyl (C=O) groups is 2. The zero-order valence-corrected chi connectivity index (χ0v) is 18.7. The third-order valence-electron chi connectivity index (χ3n) is 7.59. The first-order valence-electron chi connectivity index (χ1n) is 11.9. The summed E-state index contributed by atoms with van der Waals surface area (Å²) in [5.41, 5.74) is 8.75. The van der Waals surface area contributed by atoms with E-state index in [0.29, 0.717) is 19.6 Å². The largest absolute Gasteiger partial charge is 0.352 e. The van der Waals surface area contributed by atoms with Gasteiger partial charge in [0.2, 0.25) is 11.8 Å². The lowest BCUT2D eigenvalue weighted by atomic mass is 10.0. The molecule has 0 bridgehead atoms. The van der Waals surface area contributed by atoms with E-state index in [4.69, 9.17) is 0 Å². The summed E-state index contributed by atoms with van der Waals surface area (Å²) in [7, 11) is 0. The van der Waals surface area contributed by atoms with Crippen LogP contribution in [-0.4, -0.2) is 16.7 Å². The van der Waals surface area contributed by atoms with Crippen LogP contribution >= 0.6 is 0 Å². The number of hydrogen-bond acceptors (Lipinski definition) is 2. The molecule has 0 radical (unpaired) electrons. The highest BCUT2D eigenvalue weighted by molar-refractivity contribution is 5.81. The van der Waals surface area contributed by atoms with Gasteiger partial charge in [-0.05, 0) is 64.6 Å². The number of nitrogens with one attached hydrogen (secondary N) is 1. The van der Waals surface area contributed by atoms with E-state index in [0.717, 1.165) is 31.2 Å². The van der Waals surface area contributed by atoms with Gasteiger partial charge in [0.15, 0.2) is 0 Å². The predicted octanol–water partition coefficient (Wildman–Crippen LogP) is 3.98. The van der Waals surface area contributed by atoms with Gasteiger partial charge in [-0.15, -0.1) is 0 Å². The molecule has 1 heterocycles. The van der Waals surface area contributed by atoms with Crippen molar-refractivity contribution in [2.45, 2.75) is 45.3 Å². The molecule has 4 heteroatoms. The Morgan fingerprint density at radius 2 is 1.24 bits per heavy atom. The summed E-state index contributed by atoms with van der Waals surface area (Å²) in [6, 6.07) is 23.1. The second-order valence-electron chi connectivity index (χ2n) is 9.76.